The molecule has 2 aromatic heterocycles. The molecule has 2 heteroatoms. The minimum absolute atomic E-state index is 1.03. The van der Waals surface area contributed by atoms with Crippen molar-refractivity contribution in [3.8, 4) is 0 Å². The number of fused-ring (bicyclic) bond motifs is 3. The Bertz CT molecular complexity index is 687. The molecule has 0 unspecified atom stereocenters. The number of aromatic nitrogens is 2. The molecule has 0 N–H and O–H groups in total. The lowest BCUT2D eigenvalue weighted by atomic mass is 10.1. The Kier molecular flexibility index (Phi) is 1.90. The standard InChI is InChI=1S/C14H12N2/c1-9-7-12-10(2)16-14-6-4-3-5-11(14)13(12)8-15-9/h3-8H,1-2H3. The zero-order chi connectivity index (χ0) is 11.1. The molecule has 0 bridgehead atoms. The molecule has 0 aliphatic carbocycles. The molecule has 2 heterocycles. The molecule has 1 aromatic carbocycles. The van der Waals surface area contributed by atoms with E-state index in [1.54, 1.807) is 0 Å². The number of para-hydroxylation sites is 1. The van der Waals surface area contributed by atoms with Crippen molar-refractivity contribution in [3.05, 3.63) is 47.9 Å². The van der Waals surface area contributed by atoms with Crippen molar-refractivity contribution < 1.29 is 0 Å². The third-order valence-electron chi connectivity index (χ3n) is 2.91. The first kappa shape index (κ1) is 9.28. The molecule has 0 fully saturated rings. The maximum absolute atomic E-state index is 4.62. The van der Waals surface area contributed by atoms with Gasteiger partial charge in [-0.1, -0.05) is 18.2 Å². The zero-order valence-corrected chi connectivity index (χ0v) is 9.36. The first-order chi connectivity index (χ1) is 7.75. The Morgan fingerprint density at radius 2 is 1.75 bits per heavy atom. The number of nitrogens with zero attached hydrogens (tertiary/aromatic N) is 2. The van der Waals surface area contributed by atoms with E-state index in [0.29, 0.717) is 0 Å². The van der Waals surface area contributed by atoms with Crippen molar-refractivity contribution in [2.75, 3.05) is 0 Å². The third kappa shape index (κ3) is 1.27. The summed E-state index contributed by atoms with van der Waals surface area (Å²) < 4.78 is 0. The van der Waals surface area contributed by atoms with Crippen LogP contribution in [0.2, 0.25) is 0 Å². The lowest BCUT2D eigenvalue weighted by Gasteiger charge is -2.06. The highest BCUT2D eigenvalue weighted by Gasteiger charge is 2.05. The number of hydrogen-bond donors (Lipinski definition) is 0. The van der Waals surface area contributed by atoms with Gasteiger partial charge in [0.1, 0.15) is 0 Å². The summed E-state index contributed by atoms with van der Waals surface area (Å²) in [5, 5.41) is 3.57. The summed E-state index contributed by atoms with van der Waals surface area (Å²) in [6.45, 7) is 4.06. The fraction of sp³-hybridized carbons (Fsp3) is 0.143. The minimum Gasteiger partial charge on any atom is -0.261 e. The van der Waals surface area contributed by atoms with Crippen LogP contribution in [0, 0.1) is 13.8 Å². The van der Waals surface area contributed by atoms with Gasteiger partial charge in [-0.3, -0.25) is 9.97 Å². The maximum Gasteiger partial charge on any atom is 0.0712 e. The largest absolute Gasteiger partial charge is 0.261 e. The Morgan fingerprint density at radius 1 is 0.938 bits per heavy atom. The summed E-state index contributed by atoms with van der Waals surface area (Å²) in [4.78, 5) is 8.99. The fourth-order valence-corrected chi connectivity index (χ4v) is 2.11. The molecule has 0 saturated heterocycles. The van der Waals surface area contributed by atoms with Gasteiger partial charge >= 0.3 is 0 Å². The normalized spacial score (nSPS) is 11.1. The topological polar surface area (TPSA) is 25.8 Å². The van der Waals surface area contributed by atoms with Gasteiger partial charge in [-0.25, -0.2) is 0 Å². The predicted molar refractivity (Wildman–Crippen MR) is 66.5 cm³/mol. The Balaban J connectivity index is 2.59. The second-order valence-corrected chi connectivity index (χ2v) is 4.09. The second kappa shape index (κ2) is 3.27. The van der Waals surface area contributed by atoms with Crippen molar-refractivity contribution in [1.82, 2.24) is 9.97 Å². The van der Waals surface area contributed by atoms with Crippen LogP contribution in [0.1, 0.15) is 11.4 Å². The first-order valence-corrected chi connectivity index (χ1v) is 5.37. The van der Waals surface area contributed by atoms with E-state index in [9.17, 15) is 0 Å². The van der Waals surface area contributed by atoms with Crippen LogP contribution in [0.15, 0.2) is 36.5 Å². The van der Waals surface area contributed by atoms with Crippen molar-refractivity contribution >= 4 is 21.7 Å². The van der Waals surface area contributed by atoms with Crippen LogP contribution in [-0.2, 0) is 0 Å². The summed E-state index contributed by atoms with van der Waals surface area (Å²) in [6, 6.07) is 10.3. The summed E-state index contributed by atoms with van der Waals surface area (Å²) >= 11 is 0. The van der Waals surface area contributed by atoms with E-state index in [0.717, 1.165) is 16.9 Å². The van der Waals surface area contributed by atoms with Crippen molar-refractivity contribution in [2.24, 2.45) is 0 Å². The minimum atomic E-state index is 1.03. The molecule has 0 aliphatic heterocycles. The van der Waals surface area contributed by atoms with Crippen LogP contribution in [0.25, 0.3) is 21.7 Å². The van der Waals surface area contributed by atoms with Gasteiger partial charge in [0.25, 0.3) is 0 Å². The summed E-state index contributed by atoms with van der Waals surface area (Å²) in [7, 11) is 0. The number of pyridine rings is 2. The average Bonchev–Trinajstić information content (AvgIpc) is 2.29. The van der Waals surface area contributed by atoms with Gasteiger partial charge in [-0.15, -0.1) is 0 Å². The summed E-state index contributed by atoms with van der Waals surface area (Å²) in [5.74, 6) is 0. The van der Waals surface area contributed by atoms with Gasteiger partial charge < -0.3 is 0 Å². The first-order valence-electron chi connectivity index (χ1n) is 5.37. The molecule has 0 spiro atoms. The SMILES string of the molecule is Cc1cc2c(C)nc3ccccc3c2cn1. The predicted octanol–water partition coefficient (Wildman–Crippen LogP) is 3.40. The van der Waals surface area contributed by atoms with E-state index in [1.807, 2.05) is 38.2 Å². The molecule has 0 radical (unpaired) electrons. The van der Waals surface area contributed by atoms with Gasteiger partial charge in [0, 0.05) is 33.7 Å². The second-order valence-electron chi connectivity index (χ2n) is 4.09. The van der Waals surface area contributed by atoms with Crippen LogP contribution in [0.3, 0.4) is 0 Å². The highest BCUT2D eigenvalue weighted by molar-refractivity contribution is 6.06. The zero-order valence-electron chi connectivity index (χ0n) is 9.36. The molecule has 0 amide bonds. The van der Waals surface area contributed by atoms with E-state index < -0.39 is 0 Å². The quantitative estimate of drug-likeness (QED) is 0.529. The molecule has 0 atom stereocenters. The van der Waals surface area contributed by atoms with E-state index in [2.05, 4.69) is 22.1 Å². The van der Waals surface area contributed by atoms with E-state index >= 15 is 0 Å². The summed E-state index contributed by atoms with van der Waals surface area (Å²) in [6.07, 6.45) is 1.95. The molecule has 3 rings (SSSR count). The average molecular weight is 208 g/mol. The molecule has 0 aliphatic rings. The fourth-order valence-electron chi connectivity index (χ4n) is 2.11. The number of hydrogen-bond acceptors (Lipinski definition) is 2. The monoisotopic (exact) mass is 208 g/mol. The van der Waals surface area contributed by atoms with E-state index in [-0.39, 0.29) is 0 Å². The van der Waals surface area contributed by atoms with Gasteiger partial charge in [0.15, 0.2) is 0 Å². The molecule has 16 heavy (non-hydrogen) atoms. The maximum atomic E-state index is 4.62. The van der Waals surface area contributed by atoms with Crippen molar-refractivity contribution in [2.45, 2.75) is 13.8 Å². The van der Waals surface area contributed by atoms with Gasteiger partial charge in [0.05, 0.1) is 5.52 Å². The molecular weight excluding hydrogens is 196 g/mol. The van der Waals surface area contributed by atoms with Crippen LogP contribution < -0.4 is 0 Å². The Labute approximate surface area is 94.0 Å². The highest BCUT2D eigenvalue weighted by Crippen LogP contribution is 2.25. The van der Waals surface area contributed by atoms with Crippen molar-refractivity contribution in [1.29, 1.82) is 0 Å². The highest BCUT2D eigenvalue weighted by atomic mass is 14.7. The number of benzene rings is 1. The lowest BCUT2D eigenvalue weighted by molar-refractivity contribution is 1.21. The van der Waals surface area contributed by atoms with Crippen molar-refractivity contribution in [3.63, 3.8) is 0 Å². The van der Waals surface area contributed by atoms with Crippen LogP contribution >= 0.6 is 0 Å². The molecule has 2 nitrogen and oxygen atoms in total. The number of rotatable bonds is 0. The van der Waals surface area contributed by atoms with E-state index in [4.69, 9.17) is 0 Å². The van der Waals surface area contributed by atoms with Crippen LogP contribution in [0.4, 0.5) is 0 Å². The molecule has 3 aromatic rings. The Morgan fingerprint density at radius 3 is 2.62 bits per heavy atom. The summed E-state index contributed by atoms with van der Waals surface area (Å²) in [5.41, 5.74) is 3.14. The Hall–Kier alpha value is -1.96. The van der Waals surface area contributed by atoms with Crippen LogP contribution in [-0.4, -0.2) is 9.97 Å². The molecular formula is C14H12N2. The molecule has 78 valence electrons. The third-order valence-corrected chi connectivity index (χ3v) is 2.91. The van der Waals surface area contributed by atoms with Crippen LogP contribution in [0.5, 0.6) is 0 Å². The van der Waals surface area contributed by atoms with Gasteiger partial charge in [-0.05, 0) is 26.0 Å². The van der Waals surface area contributed by atoms with Gasteiger partial charge in [-0.2, -0.15) is 0 Å². The number of aryl methyl sites for hydroxylation is 2. The lowest BCUT2D eigenvalue weighted by Crippen LogP contribution is -1.90. The van der Waals surface area contributed by atoms with E-state index in [1.165, 1.54) is 16.2 Å². The smallest absolute Gasteiger partial charge is 0.0712 e. The van der Waals surface area contributed by atoms with Gasteiger partial charge in [0.2, 0.25) is 0 Å². The molecule has 0 saturated carbocycles.